The van der Waals surface area contributed by atoms with E-state index in [1.54, 1.807) is 6.07 Å². The molecule has 0 amide bonds. The van der Waals surface area contributed by atoms with Gasteiger partial charge in [-0.2, -0.15) is 13.2 Å². The maximum Gasteiger partial charge on any atom is 0.416 e. The fourth-order valence-electron chi connectivity index (χ4n) is 1.82. The maximum absolute atomic E-state index is 12.8. The van der Waals surface area contributed by atoms with Gasteiger partial charge in [0.1, 0.15) is 0 Å². The monoisotopic (exact) mass is 378 g/mol. The van der Waals surface area contributed by atoms with Crippen LogP contribution in [0.2, 0.25) is 0 Å². The minimum atomic E-state index is -4.45. The lowest BCUT2D eigenvalue weighted by Gasteiger charge is -2.11. The van der Waals surface area contributed by atoms with Crippen molar-refractivity contribution in [3.05, 3.63) is 52.5 Å². The van der Waals surface area contributed by atoms with Crippen LogP contribution in [0.1, 0.15) is 5.56 Å². The van der Waals surface area contributed by atoms with Crippen molar-refractivity contribution in [2.45, 2.75) is 11.1 Å². The summed E-state index contributed by atoms with van der Waals surface area (Å²) in [5.74, 6) is 0. The van der Waals surface area contributed by atoms with E-state index in [0.29, 0.717) is 10.0 Å². The van der Waals surface area contributed by atoms with Crippen molar-refractivity contribution in [2.75, 3.05) is 6.26 Å². The lowest BCUT2D eigenvalue weighted by Crippen LogP contribution is -2.05. The van der Waals surface area contributed by atoms with Crippen molar-refractivity contribution in [1.29, 1.82) is 0 Å². The van der Waals surface area contributed by atoms with Gasteiger partial charge < -0.3 is 0 Å². The third kappa shape index (κ3) is 3.65. The first kappa shape index (κ1) is 16.0. The average molecular weight is 379 g/mol. The molecule has 0 N–H and O–H groups in total. The van der Waals surface area contributed by atoms with Gasteiger partial charge in [-0.3, -0.25) is 0 Å². The summed E-state index contributed by atoms with van der Waals surface area (Å²) >= 11 is 3.19. The Bertz CT molecular complexity index is 783. The number of halogens is 4. The van der Waals surface area contributed by atoms with Crippen molar-refractivity contribution < 1.29 is 21.6 Å². The van der Waals surface area contributed by atoms with E-state index in [4.69, 9.17) is 0 Å². The van der Waals surface area contributed by atoms with Gasteiger partial charge in [0.25, 0.3) is 0 Å². The smallest absolute Gasteiger partial charge is 0.224 e. The highest BCUT2D eigenvalue weighted by atomic mass is 79.9. The molecule has 0 bridgehead atoms. The topological polar surface area (TPSA) is 34.1 Å². The van der Waals surface area contributed by atoms with Crippen molar-refractivity contribution in [3.63, 3.8) is 0 Å². The molecule has 2 aromatic rings. The van der Waals surface area contributed by atoms with Crippen molar-refractivity contribution in [3.8, 4) is 11.1 Å². The highest BCUT2D eigenvalue weighted by molar-refractivity contribution is 9.10. The van der Waals surface area contributed by atoms with E-state index in [-0.39, 0.29) is 10.5 Å². The molecular formula is C14H10BrF3O2S. The SMILES string of the molecule is CS(=O)(=O)c1cccc(-c2cc(C(F)(F)F)ccc2Br)c1. The molecule has 0 fully saturated rings. The Labute approximate surface area is 128 Å². The Morgan fingerprint density at radius 2 is 1.71 bits per heavy atom. The van der Waals surface area contributed by atoms with Gasteiger partial charge in [0.05, 0.1) is 10.5 Å². The molecule has 7 heteroatoms. The van der Waals surface area contributed by atoms with Crippen molar-refractivity contribution in [1.82, 2.24) is 0 Å². The van der Waals surface area contributed by atoms with Crippen LogP contribution in [0.25, 0.3) is 11.1 Å². The number of hydrogen-bond donors (Lipinski definition) is 0. The van der Waals surface area contributed by atoms with Crippen LogP contribution in [-0.2, 0) is 16.0 Å². The first-order valence-electron chi connectivity index (χ1n) is 5.76. The molecule has 2 aromatic carbocycles. The molecule has 112 valence electrons. The first-order chi connectivity index (χ1) is 9.59. The Hall–Kier alpha value is -1.34. The first-order valence-corrected chi connectivity index (χ1v) is 8.45. The van der Waals surface area contributed by atoms with Gasteiger partial charge in [-0.15, -0.1) is 0 Å². The maximum atomic E-state index is 12.8. The summed E-state index contributed by atoms with van der Waals surface area (Å²) < 4.78 is 61.8. The van der Waals surface area contributed by atoms with Crippen LogP contribution in [-0.4, -0.2) is 14.7 Å². The molecule has 0 radical (unpaired) electrons. The second-order valence-corrected chi connectivity index (χ2v) is 7.36. The Kier molecular flexibility index (Phi) is 4.17. The number of hydrogen-bond acceptors (Lipinski definition) is 2. The van der Waals surface area contributed by atoms with Crippen LogP contribution in [0, 0.1) is 0 Å². The number of alkyl halides is 3. The van der Waals surface area contributed by atoms with E-state index in [0.717, 1.165) is 18.4 Å². The van der Waals surface area contributed by atoms with Gasteiger partial charge in [-0.05, 0) is 41.5 Å². The zero-order chi connectivity index (χ0) is 15.8. The molecule has 0 aromatic heterocycles. The summed E-state index contributed by atoms with van der Waals surface area (Å²) in [5.41, 5.74) is -0.100. The molecule has 0 atom stereocenters. The Morgan fingerprint density at radius 1 is 1.05 bits per heavy atom. The lowest BCUT2D eigenvalue weighted by molar-refractivity contribution is -0.137. The van der Waals surface area contributed by atoms with Crippen molar-refractivity contribution in [2.24, 2.45) is 0 Å². The molecule has 0 saturated carbocycles. The zero-order valence-corrected chi connectivity index (χ0v) is 13.2. The molecule has 0 spiro atoms. The summed E-state index contributed by atoms with van der Waals surface area (Å²) in [6, 6.07) is 9.08. The Balaban J connectivity index is 2.62. The minimum Gasteiger partial charge on any atom is -0.224 e. The van der Waals surface area contributed by atoms with Crippen LogP contribution >= 0.6 is 15.9 Å². The van der Waals surface area contributed by atoms with Gasteiger partial charge in [0.15, 0.2) is 9.84 Å². The van der Waals surface area contributed by atoms with Gasteiger partial charge >= 0.3 is 6.18 Å². The van der Waals surface area contributed by atoms with E-state index in [1.807, 2.05) is 0 Å². The largest absolute Gasteiger partial charge is 0.416 e. The molecule has 2 rings (SSSR count). The molecule has 0 aliphatic rings. The van der Waals surface area contributed by atoms with E-state index in [2.05, 4.69) is 15.9 Å². The van der Waals surface area contributed by atoms with Crippen LogP contribution in [0.3, 0.4) is 0 Å². The fraction of sp³-hybridized carbons (Fsp3) is 0.143. The molecule has 0 aliphatic carbocycles. The molecule has 0 heterocycles. The van der Waals surface area contributed by atoms with Gasteiger partial charge in [0.2, 0.25) is 0 Å². The van der Waals surface area contributed by atoms with E-state index >= 15 is 0 Å². The van der Waals surface area contributed by atoms with E-state index in [9.17, 15) is 21.6 Å². The highest BCUT2D eigenvalue weighted by Gasteiger charge is 2.31. The van der Waals surface area contributed by atoms with Gasteiger partial charge in [0, 0.05) is 10.7 Å². The second-order valence-electron chi connectivity index (χ2n) is 4.49. The molecular weight excluding hydrogens is 369 g/mol. The van der Waals surface area contributed by atoms with Crippen LogP contribution < -0.4 is 0 Å². The van der Waals surface area contributed by atoms with Crippen LogP contribution in [0.5, 0.6) is 0 Å². The van der Waals surface area contributed by atoms with E-state index < -0.39 is 21.6 Å². The van der Waals surface area contributed by atoms with Gasteiger partial charge in [-0.1, -0.05) is 28.1 Å². The summed E-state index contributed by atoms with van der Waals surface area (Å²) in [6.45, 7) is 0. The van der Waals surface area contributed by atoms with Gasteiger partial charge in [-0.25, -0.2) is 8.42 Å². The highest BCUT2D eigenvalue weighted by Crippen LogP contribution is 2.36. The predicted molar refractivity (Wildman–Crippen MR) is 77.7 cm³/mol. The standard InChI is InChI=1S/C14H10BrF3O2S/c1-21(19,20)11-4-2-3-9(7-11)12-8-10(14(16,17)18)5-6-13(12)15/h2-8H,1H3. The normalized spacial score (nSPS) is 12.4. The average Bonchev–Trinajstić information content (AvgIpc) is 2.37. The quantitative estimate of drug-likeness (QED) is 0.768. The van der Waals surface area contributed by atoms with Crippen LogP contribution in [0.4, 0.5) is 13.2 Å². The van der Waals surface area contributed by atoms with E-state index in [1.165, 1.54) is 24.3 Å². The molecule has 2 nitrogen and oxygen atoms in total. The van der Waals surface area contributed by atoms with Crippen molar-refractivity contribution >= 4 is 25.8 Å². The molecule has 21 heavy (non-hydrogen) atoms. The summed E-state index contributed by atoms with van der Waals surface area (Å²) in [5, 5.41) is 0. The van der Waals surface area contributed by atoms with Crippen LogP contribution in [0.15, 0.2) is 51.8 Å². The lowest BCUT2D eigenvalue weighted by atomic mass is 10.0. The third-order valence-corrected chi connectivity index (χ3v) is 4.67. The Morgan fingerprint density at radius 3 is 2.29 bits per heavy atom. The molecule has 0 aliphatic heterocycles. The molecule has 0 saturated heterocycles. The second kappa shape index (κ2) is 5.46. The number of sulfone groups is 1. The summed E-state index contributed by atoms with van der Waals surface area (Å²) in [7, 11) is -3.42. The summed E-state index contributed by atoms with van der Waals surface area (Å²) in [6.07, 6.45) is -3.41. The fourth-order valence-corrected chi connectivity index (χ4v) is 2.96. The summed E-state index contributed by atoms with van der Waals surface area (Å²) in [4.78, 5) is 0.0595. The molecule has 0 unspecified atom stereocenters. The number of benzene rings is 2. The number of rotatable bonds is 2. The minimum absolute atomic E-state index is 0.0595. The predicted octanol–water partition coefficient (Wildman–Crippen LogP) is 4.54. The zero-order valence-electron chi connectivity index (χ0n) is 10.8. The third-order valence-electron chi connectivity index (χ3n) is 2.87.